The number of pyridine rings is 1. The van der Waals surface area contributed by atoms with Crippen LogP contribution in [0.3, 0.4) is 0 Å². The number of aliphatic imine (C=N–C) groups is 1. The Bertz CT molecular complexity index is 695. The van der Waals surface area contributed by atoms with Gasteiger partial charge in [0.2, 0.25) is 0 Å². The van der Waals surface area contributed by atoms with Crippen molar-refractivity contribution in [2.24, 2.45) is 10.7 Å². The van der Waals surface area contributed by atoms with Crippen molar-refractivity contribution in [3.05, 3.63) is 47.6 Å². The first kappa shape index (κ1) is 12.6. The van der Waals surface area contributed by atoms with E-state index < -0.39 is 0 Å². The zero-order valence-electron chi connectivity index (χ0n) is 11.1. The third-order valence-corrected chi connectivity index (χ3v) is 3.39. The maximum atomic E-state index is 10.6. The summed E-state index contributed by atoms with van der Waals surface area (Å²) in [6.07, 6.45) is 10.1. The zero-order valence-corrected chi connectivity index (χ0v) is 11.1. The Morgan fingerprint density at radius 2 is 2.30 bits per heavy atom. The number of rotatable bonds is 5. The van der Waals surface area contributed by atoms with E-state index in [1.165, 1.54) is 30.8 Å². The molecule has 20 heavy (non-hydrogen) atoms. The number of fused-ring (bicyclic) bond motifs is 1. The number of allylic oxidation sites excluding steroid dienone is 1. The van der Waals surface area contributed by atoms with Crippen molar-refractivity contribution in [3.8, 4) is 0 Å². The number of aldehydes is 1. The van der Waals surface area contributed by atoms with Gasteiger partial charge < -0.3 is 10.1 Å². The summed E-state index contributed by atoms with van der Waals surface area (Å²) in [6, 6.07) is 4.19. The van der Waals surface area contributed by atoms with E-state index in [9.17, 15) is 4.79 Å². The van der Waals surface area contributed by atoms with Gasteiger partial charge in [0.25, 0.3) is 0 Å². The molecule has 2 aromatic rings. The molecule has 0 aliphatic heterocycles. The molecule has 1 fully saturated rings. The first-order valence-corrected chi connectivity index (χ1v) is 6.64. The van der Waals surface area contributed by atoms with Crippen LogP contribution in [0.15, 0.2) is 41.3 Å². The molecular formula is C15H16N4O. The van der Waals surface area contributed by atoms with E-state index in [1.807, 2.05) is 16.7 Å². The Kier molecular flexibility index (Phi) is 3.33. The minimum atomic E-state index is 0.366. The molecule has 2 heterocycles. The molecule has 0 spiro atoms. The lowest BCUT2D eigenvalue weighted by molar-refractivity contribution is -0.104. The Labute approximate surface area is 116 Å². The molecule has 5 nitrogen and oxygen atoms in total. The van der Waals surface area contributed by atoms with Crippen LogP contribution in [-0.4, -0.2) is 21.9 Å². The molecule has 0 unspecified atom stereocenters. The summed E-state index contributed by atoms with van der Waals surface area (Å²) in [5.74, 6) is 0.730. The molecule has 0 aromatic carbocycles. The largest absolute Gasteiger partial charge is 0.404 e. The van der Waals surface area contributed by atoms with E-state index in [0.717, 1.165) is 17.3 Å². The Balaban J connectivity index is 1.77. The lowest BCUT2D eigenvalue weighted by atomic mass is 10.2. The van der Waals surface area contributed by atoms with Crippen molar-refractivity contribution < 1.29 is 4.79 Å². The van der Waals surface area contributed by atoms with Crippen molar-refractivity contribution >= 4 is 18.1 Å². The van der Waals surface area contributed by atoms with Crippen LogP contribution in [-0.2, 0) is 11.3 Å². The first-order valence-electron chi connectivity index (χ1n) is 6.64. The summed E-state index contributed by atoms with van der Waals surface area (Å²) in [5.41, 5.74) is 8.80. The van der Waals surface area contributed by atoms with E-state index in [-0.39, 0.29) is 0 Å². The maximum absolute atomic E-state index is 10.6. The van der Waals surface area contributed by atoms with Crippen molar-refractivity contribution in [2.75, 3.05) is 0 Å². The number of nitrogens with two attached hydrogens (primary N) is 1. The van der Waals surface area contributed by atoms with E-state index in [0.29, 0.717) is 18.4 Å². The number of carbonyl (C=O) groups excluding carboxylic acids is 1. The topological polar surface area (TPSA) is 72.8 Å². The molecule has 0 bridgehead atoms. The Morgan fingerprint density at radius 1 is 1.45 bits per heavy atom. The zero-order chi connectivity index (χ0) is 13.9. The molecule has 0 radical (unpaired) electrons. The predicted molar refractivity (Wildman–Crippen MR) is 77.7 cm³/mol. The van der Waals surface area contributed by atoms with Gasteiger partial charge in [-0.25, -0.2) is 4.98 Å². The summed E-state index contributed by atoms with van der Waals surface area (Å²) in [6.45, 7) is 0.436. The van der Waals surface area contributed by atoms with Crippen molar-refractivity contribution in [2.45, 2.75) is 25.3 Å². The Morgan fingerprint density at radius 3 is 3.00 bits per heavy atom. The molecule has 0 amide bonds. The van der Waals surface area contributed by atoms with Crippen LogP contribution in [0.1, 0.15) is 30.0 Å². The molecule has 5 heteroatoms. The van der Waals surface area contributed by atoms with Gasteiger partial charge in [0.15, 0.2) is 6.29 Å². The van der Waals surface area contributed by atoms with Crippen LogP contribution in [0.5, 0.6) is 0 Å². The second kappa shape index (κ2) is 5.28. The van der Waals surface area contributed by atoms with Crippen LogP contribution >= 0.6 is 0 Å². The highest BCUT2D eigenvalue weighted by Gasteiger charge is 2.23. The number of imidazole rings is 1. The summed E-state index contributed by atoms with van der Waals surface area (Å²) in [5, 5.41) is 0. The lowest BCUT2D eigenvalue weighted by Gasteiger charge is -1.98. The molecule has 1 aliphatic rings. The molecule has 3 rings (SSSR count). The lowest BCUT2D eigenvalue weighted by Crippen LogP contribution is -1.92. The fourth-order valence-corrected chi connectivity index (χ4v) is 2.15. The van der Waals surface area contributed by atoms with Gasteiger partial charge in [-0.2, -0.15) is 0 Å². The Hall–Kier alpha value is -2.43. The number of hydrogen-bond acceptors (Lipinski definition) is 4. The summed E-state index contributed by atoms with van der Waals surface area (Å²) in [4.78, 5) is 19.2. The molecule has 102 valence electrons. The number of hydrogen-bond donors (Lipinski definition) is 1. The minimum absolute atomic E-state index is 0.366. The number of aromatic nitrogens is 2. The highest BCUT2D eigenvalue weighted by atomic mass is 16.1. The van der Waals surface area contributed by atoms with Gasteiger partial charge in [0.1, 0.15) is 5.65 Å². The van der Waals surface area contributed by atoms with Gasteiger partial charge in [0, 0.05) is 30.4 Å². The van der Waals surface area contributed by atoms with Crippen LogP contribution < -0.4 is 5.73 Å². The second-order valence-electron chi connectivity index (χ2n) is 4.99. The van der Waals surface area contributed by atoms with Gasteiger partial charge in [-0.1, -0.05) is 6.07 Å². The summed E-state index contributed by atoms with van der Waals surface area (Å²) in [7, 11) is 0. The normalized spacial score (nSPS) is 16.1. The standard InChI is InChI=1S/C15H16N4O/c16-5-11(10-20)6-17-7-14-9-19-8-13(12-1-2-12)3-4-15(19)18-14/h3-6,8-10,12H,1-2,7,16H2. The molecule has 2 aromatic heterocycles. The SMILES string of the molecule is NC=C(C=O)C=NCc1cn2cc(C3CC3)ccc2n1. The van der Waals surface area contributed by atoms with Gasteiger partial charge in [0.05, 0.1) is 12.2 Å². The average Bonchev–Trinajstić information content (AvgIpc) is 3.23. The molecule has 0 saturated heterocycles. The minimum Gasteiger partial charge on any atom is -0.404 e. The quantitative estimate of drug-likeness (QED) is 0.511. The average molecular weight is 268 g/mol. The predicted octanol–water partition coefficient (Wildman–Crippen LogP) is 1.82. The van der Waals surface area contributed by atoms with Crippen molar-refractivity contribution in [3.63, 3.8) is 0 Å². The van der Waals surface area contributed by atoms with Gasteiger partial charge in [-0.3, -0.25) is 9.79 Å². The first-order chi connectivity index (χ1) is 9.80. The van der Waals surface area contributed by atoms with Crippen LogP contribution in [0.4, 0.5) is 0 Å². The van der Waals surface area contributed by atoms with Crippen LogP contribution in [0.25, 0.3) is 5.65 Å². The highest BCUT2D eigenvalue weighted by Crippen LogP contribution is 2.39. The van der Waals surface area contributed by atoms with Crippen LogP contribution in [0, 0.1) is 0 Å². The third-order valence-electron chi connectivity index (χ3n) is 3.39. The third kappa shape index (κ3) is 2.61. The fourth-order valence-electron chi connectivity index (χ4n) is 2.15. The van der Waals surface area contributed by atoms with Crippen molar-refractivity contribution in [1.29, 1.82) is 0 Å². The summed E-state index contributed by atoms with van der Waals surface area (Å²) >= 11 is 0. The van der Waals surface area contributed by atoms with Crippen molar-refractivity contribution in [1.82, 2.24) is 9.38 Å². The van der Waals surface area contributed by atoms with Crippen LogP contribution in [0.2, 0.25) is 0 Å². The number of nitrogens with zero attached hydrogens (tertiary/aromatic N) is 3. The van der Waals surface area contributed by atoms with Gasteiger partial charge >= 0.3 is 0 Å². The highest BCUT2D eigenvalue weighted by molar-refractivity contribution is 6.01. The molecular weight excluding hydrogens is 252 g/mol. The smallest absolute Gasteiger partial charge is 0.153 e. The molecule has 1 saturated carbocycles. The summed E-state index contributed by atoms with van der Waals surface area (Å²) < 4.78 is 2.04. The monoisotopic (exact) mass is 268 g/mol. The number of carbonyl (C=O) groups is 1. The second-order valence-corrected chi connectivity index (χ2v) is 4.99. The van der Waals surface area contributed by atoms with E-state index in [1.54, 1.807) is 0 Å². The van der Waals surface area contributed by atoms with E-state index in [2.05, 4.69) is 22.2 Å². The van der Waals surface area contributed by atoms with Gasteiger partial charge in [-0.15, -0.1) is 0 Å². The fraction of sp³-hybridized carbons (Fsp3) is 0.267. The molecule has 2 N–H and O–H groups in total. The maximum Gasteiger partial charge on any atom is 0.153 e. The van der Waals surface area contributed by atoms with E-state index in [4.69, 9.17) is 5.73 Å². The van der Waals surface area contributed by atoms with E-state index >= 15 is 0 Å². The molecule has 1 aliphatic carbocycles. The van der Waals surface area contributed by atoms with Gasteiger partial charge in [-0.05, 0) is 30.4 Å². The molecule has 0 atom stereocenters.